The number of aromatic nitrogens is 1. The van der Waals surface area contributed by atoms with Crippen molar-refractivity contribution in [2.75, 3.05) is 17.7 Å². The van der Waals surface area contributed by atoms with Gasteiger partial charge in [0.15, 0.2) is 5.69 Å². The lowest BCUT2D eigenvalue weighted by atomic mass is 9.74. The molecule has 0 atom stereocenters. The van der Waals surface area contributed by atoms with E-state index < -0.39 is 34.7 Å². The van der Waals surface area contributed by atoms with Crippen molar-refractivity contribution in [1.82, 2.24) is 10.3 Å². The van der Waals surface area contributed by atoms with Crippen molar-refractivity contribution >= 4 is 17.3 Å². The molecule has 0 spiro atoms. The molecule has 1 saturated carbocycles. The van der Waals surface area contributed by atoms with E-state index in [2.05, 4.69) is 27.5 Å². The molecule has 3 N–H and O–H groups in total. The lowest BCUT2D eigenvalue weighted by Crippen LogP contribution is -2.48. The number of nitriles is 1. The third-order valence-electron chi connectivity index (χ3n) is 5.20. The van der Waals surface area contributed by atoms with Gasteiger partial charge in [0, 0.05) is 18.4 Å². The third kappa shape index (κ3) is 5.61. The summed E-state index contributed by atoms with van der Waals surface area (Å²) in [5.74, 6) is -1.26. The Morgan fingerprint density at radius 3 is 2.36 bits per heavy atom. The summed E-state index contributed by atoms with van der Waals surface area (Å²) in [7, 11) is 1.40. The van der Waals surface area contributed by atoms with Crippen LogP contribution in [0.5, 0.6) is 0 Å². The fraction of sp³-hybridized carbons (Fsp3) is 0.348. The van der Waals surface area contributed by atoms with Gasteiger partial charge >= 0.3 is 6.18 Å². The molecular formula is C23H25F4N5O. The van der Waals surface area contributed by atoms with Crippen LogP contribution < -0.4 is 16.0 Å². The molecule has 2 aromatic rings. The van der Waals surface area contributed by atoms with Crippen LogP contribution in [0.25, 0.3) is 0 Å². The van der Waals surface area contributed by atoms with E-state index in [0.29, 0.717) is 24.2 Å². The summed E-state index contributed by atoms with van der Waals surface area (Å²) in [4.78, 5) is 15.2. The Morgan fingerprint density at radius 2 is 1.88 bits per heavy atom. The number of amides is 1. The highest BCUT2D eigenvalue weighted by Gasteiger charge is 2.40. The first-order valence-corrected chi connectivity index (χ1v) is 10.3. The molecular weight excluding hydrogens is 438 g/mol. The van der Waals surface area contributed by atoms with Crippen molar-refractivity contribution in [1.29, 1.82) is 5.26 Å². The van der Waals surface area contributed by atoms with Gasteiger partial charge in [0.1, 0.15) is 11.9 Å². The van der Waals surface area contributed by atoms with Gasteiger partial charge in [0.05, 0.1) is 28.6 Å². The minimum absolute atomic E-state index is 0.0329. The van der Waals surface area contributed by atoms with Crippen LogP contribution in [0.1, 0.15) is 54.7 Å². The SMILES string of the molecule is C=C(Nc1cnc(C#N)c(C(F)(F)F)c1)C1(Nc2ccc(C(=O)NC)c(F)c2)CCC1.CC. The number of benzene rings is 1. The fourth-order valence-electron chi connectivity index (χ4n) is 3.35. The van der Waals surface area contributed by atoms with Gasteiger partial charge in [-0.15, -0.1) is 0 Å². The molecule has 1 fully saturated rings. The zero-order valence-electron chi connectivity index (χ0n) is 18.5. The number of nitrogens with zero attached hydrogens (tertiary/aromatic N) is 2. The number of hydrogen-bond acceptors (Lipinski definition) is 5. The number of carbonyl (C=O) groups is 1. The molecule has 0 bridgehead atoms. The van der Waals surface area contributed by atoms with Crippen molar-refractivity contribution in [3.63, 3.8) is 0 Å². The number of hydrogen-bond donors (Lipinski definition) is 3. The second-order valence-corrected chi connectivity index (χ2v) is 7.17. The van der Waals surface area contributed by atoms with E-state index in [1.165, 1.54) is 25.2 Å². The van der Waals surface area contributed by atoms with Crippen LogP contribution in [-0.2, 0) is 6.18 Å². The molecule has 176 valence electrons. The van der Waals surface area contributed by atoms with E-state index in [1.807, 2.05) is 13.8 Å². The minimum atomic E-state index is -4.73. The summed E-state index contributed by atoms with van der Waals surface area (Å²) in [6.07, 6.45) is -1.52. The van der Waals surface area contributed by atoms with E-state index in [1.54, 1.807) is 6.07 Å². The highest BCUT2D eigenvalue weighted by atomic mass is 19.4. The molecule has 1 amide bonds. The second kappa shape index (κ2) is 10.3. The van der Waals surface area contributed by atoms with Crippen LogP contribution >= 0.6 is 0 Å². The normalized spacial score (nSPS) is 14.0. The van der Waals surface area contributed by atoms with E-state index in [-0.39, 0.29) is 11.3 Å². The predicted octanol–water partition coefficient (Wildman–Crippen LogP) is 5.46. The molecule has 1 aromatic heterocycles. The van der Waals surface area contributed by atoms with E-state index in [9.17, 15) is 22.4 Å². The average Bonchev–Trinajstić information content (AvgIpc) is 2.76. The maximum absolute atomic E-state index is 14.3. The molecule has 1 aromatic carbocycles. The van der Waals surface area contributed by atoms with Crippen molar-refractivity contribution in [3.05, 3.63) is 65.4 Å². The zero-order valence-corrected chi connectivity index (χ0v) is 18.5. The van der Waals surface area contributed by atoms with Crippen LogP contribution in [0, 0.1) is 17.1 Å². The first-order chi connectivity index (χ1) is 15.6. The molecule has 0 radical (unpaired) electrons. The highest BCUT2D eigenvalue weighted by molar-refractivity contribution is 5.94. The van der Waals surface area contributed by atoms with Gasteiger partial charge in [0.2, 0.25) is 0 Å². The van der Waals surface area contributed by atoms with Gasteiger partial charge in [-0.1, -0.05) is 20.4 Å². The number of halogens is 4. The van der Waals surface area contributed by atoms with Gasteiger partial charge in [0.25, 0.3) is 5.91 Å². The topological polar surface area (TPSA) is 89.8 Å². The third-order valence-corrected chi connectivity index (χ3v) is 5.20. The number of alkyl halides is 3. The largest absolute Gasteiger partial charge is 0.419 e. The molecule has 0 saturated heterocycles. The van der Waals surface area contributed by atoms with Crippen molar-refractivity contribution in [2.45, 2.75) is 44.8 Å². The van der Waals surface area contributed by atoms with E-state index in [4.69, 9.17) is 5.26 Å². The monoisotopic (exact) mass is 463 g/mol. The number of anilines is 2. The van der Waals surface area contributed by atoms with E-state index >= 15 is 0 Å². The van der Waals surface area contributed by atoms with Crippen molar-refractivity contribution < 1.29 is 22.4 Å². The molecule has 1 aliphatic rings. The summed E-state index contributed by atoms with van der Waals surface area (Å²) < 4.78 is 53.8. The maximum atomic E-state index is 14.3. The highest BCUT2D eigenvalue weighted by Crippen LogP contribution is 2.41. The first kappa shape index (κ1) is 25.6. The Morgan fingerprint density at radius 1 is 1.21 bits per heavy atom. The molecule has 10 heteroatoms. The molecule has 1 aliphatic carbocycles. The van der Waals surface area contributed by atoms with Gasteiger partial charge in [-0.25, -0.2) is 9.37 Å². The number of pyridine rings is 1. The summed E-state index contributed by atoms with van der Waals surface area (Å²) in [5, 5.41) is 17.2. The Hall–Kier alpha value is -3.61. The molecule has 33 heavy (non-hydrogen) atoms. The molecule has 0 unspecified atom stereocenters. The summed E-state index contributed by atoms with van der Waals surface area (Å²) in [6.45, 7) is 7.95. The Kier molecular flexibility index (Phi) is 8.03. The Labute approximate surface area is 189 Å². The van der Waals surface area contributed by atoms with Crippen molar-refractivity contribution in [3.8, 4) is 6.07 Å². The quantitative estimate of drug-likeness (QED) is 0.495. The zero-order chi connectivity index (χ0) is 24.8. The maximum Gasteiger partial charge on any atom is 0.419 e. The Bertz CT molecular complexity index is 1070. The average molecular weight is 463 g/mol. The van der Waals surface area contributed by atoms with Crippen LogP contribution in [0.2, 0.25) is 0 Å². The van der Waals surface area contributed by atoms with Gasteiger partial charge in [-0.3, -0.25) is 4.79 Å². The second-order valence-electron chi connectivity index (χ2n) is 7.17. The summed E-state index contributed by atoms with van der Waals surface area (Å²) in [6, 6.07) is 6.32. The van der Waals surface area contributed by atoms with Gasteiger partial charge < -0.3 is 16.0 Å². The Balaban J connectivity index is 0.00000187. The van der Waals surface area contributed by atoms with Crippen LogP contribution in [0.15, 0.2) is 42.7 Å². The lowest BCUT2D eigenvalue weighted by Gasteiger charge is -2.45. The van der Waals surface area contributed by atoms with Crippen LogP contribution in [0.4, 0.5) is 28.9 Å². The standard InChI is InChI=1S/C21H19F4N5O.C2H6/c1-12(29-14-8-16(21(23,24)25)18(10-26)28-11-14)20(6-3-7-20)30-13-4-5-15(17(22)9-13)19(31)27-2;1-2/h4-5,8-9,11,29-30H,1,3,6-7H2,2H3,(H,27,31);1-2H3. The number of carbonyl (C=O) groups excluding carboxylic acids is 1. The molecule has 1 heterocycles. The first-order valence-electron chi connectivity index (χ1n) is 10.3. The van der Waals surface area contributed by atoms with Crippen molar-refractivity contribution in [2.24, 2.45) is 0 Å². The fourth-order valence-corrected chi connectivity index (χ4v) is 3.35. The molecule has 0 aliphatic heterocycles. The predicted molar refractivity (Wildman–Crippen MR) is 118 cm³/mol. The minimum Gasteiger partial charge on any atom is -0.374 e. The number of rotatable bonds is 6. The van der Waals surface area contributed by atoms with Gasteiger partial charge in [-0.2, -0.15) is 18.4 Å². The lowest BCUT2D eigenvalue weighted by molar-refractivity contribution is -0.138. The molecule has 3 rings (SSSR count). The molecule has 6 nitrogen and oxygen atoms in total. The van der Waals surface area contributed by atoms with E-state index in [0.717, 1.165) is 18.7 Å². The van der Waals surface area contributed by atoms with Gasteiger partial charge in [-0.05, 0) is 43.5 Å². The smallest absolute Gasteiger partial charge is 0.374 e. The number of nitrogens with one attached hydrogen (secondary N) is 3. The van der Waals surface area contributed by atoms with Crippen LogP contribution in [0.3, 0.4) is 0 Å². The summed E-state index contributed by atoms with van der Waals surface area (Å²) in [5.41, 5.74) is -1.85. The summed E-state index contributed by atoms with van der Waals surface area (Å²) >= 11 is 0. The van der Waals surface area contributed by atoms with Crippen LogP contribution in [-0.4, -0.2) is 23.5 Å².